The average Bonchev–Trinajstić information content (AvgIpc) is 2.32. The van der Waals surface area contributed by atoms with Gasteiger partial charge in [-0.15, -0.1) is 0 Å². The quantitative estimate of drug-likeness (QED) is 0.781. The van der Waals surface area contributed by atoms with Crippen LogP contribution in [0.5, 0.6) is 11.5 Å². The van der Waals surface area contributed by atoms with Crippen LogP contribution in [0, 0.1) is 0 Å². The number of benzene rings is 2. The molecule has 0 aliphatic carbocycles. The fourth-order valence-corrected chi connectivity index (χ4v) is 1.86. The van der Waals surface area contributed by atoms with Gasteiger partial charge in [0, 0.05) is 0 Å². The van der Waals surface area contributed by atoms with E-state index in [1.54, 1.807) is 12.1 Å². The zero-order chi connectivity index (χ0) is 12.3. The van der Waals surface area contributed by atoms with Crippen molar-refractivity contribution >= 4 is 21.7 Å². The summed E-state index contributed by atoms with van der Waals surface area (Å²) in [5.41, 5.74) is 0.586. The molecule has 0 heterocycles. The largest absolute Gasteiger partial charge is 0.455 e. The minimum absolute atomic E-state index is 0.00680. The number of Topliss-reactive ketones (excluding diaryl/α,β-unsaturated/α-hetero) is 1. The van der Waals surface area contributed by atoms with E-state index in [0.717, 1.165) is 4.47 Å². The molecule has 0 fully saturated rings. The molecule has 0 aromatic heterocycles. The highest BCUT2D eigenvalue weighted by molar-refractivity contribution is 9.10. The van der Waals surface area contributed by atoms with E-state index >= 15 is 0 Å². The van der Waals surface area contributed by atoms with Crippen molar-refractivity contribution in [2.24, 2.45) is 0 Å². The Kier molecular flexibility index (Phi) is 3.59. The molecule has 0 atom stereocenters. The van der Waals surface area contributed by atoms with Crippen LogP contribution in [-0.4, -0.2) is 5.78 Å². The number of carbonyl (C=O) groups excluding carboxylic acids is 1. The zero-order valence-electron chi connectivity index (χ0n) is 9.31. The Morgan fingerprint density at radius 3 is 2.24 bits per heavy atom. The molecular formula is C14H11BrO2. The van der Waals surface area contributed by atoms with Gasteiger partial charge >= 0.3 is 0 Å². The van der Waals surface area contributed by atoms with Gasteiger partial charge in [0.1, 0.15) is 11.5 Å². The van der Waals surface area contributed by atoms with Crippen LogP contribution in [0.3, 0.4) is 0 Å². The molecule has 2 rings (SSSR count). The molecule has 0 spiro atoms. The van der Waals surface area contributed by atoms with Gasteiger partial charge in [-0.3, -0.25) is 4.79 Å². The van der Waals surface area contributed by atoms with Crippen molar-refractivity contribution in [1.29, 1.82) is 0 Å². The molecule has 0 aliphatic heterocycles. The molecular weight excluding hydrogens is 280 g/mol. The van der Waals surface area contributed by atoms with Crippen LogP contribution in [0.4, 0.5) is 0 Å². The maximum Gasteiger partial charge on any atom is 0.163 e. The molecule has 86 valence electrons. The molecule has 0 radical (unpaired) electrons. The van der Waals surface area contributed by atoms with E-state index < -0.39 is 0 Å². The molecule has 0 bridgehead atoms. The van der Waals surface area contributed by atoms with Crippen LogP contribution in [0.2, 0.25) is 0 Å². The van der Waals surface area contributed by atoms with Crippen molar-refractivity contribution in [3.8, 4) is 11.5 Å². The summed E-state index contributed by atoms with van der Waals surface area (Å²) >= 11 is 3.41. The number of para-hydroxylation sites is 2. The monoisotopic (exact) mass is 290 g/mol. The van der Waals surface area contributed by atoms with Crippen molar-refractivity contribution in [2.75, 3.05) is 0 Å². The molecule has 2 aromatic carbocycles. The summed E-state index contributed by atoms with van der Waals surface area (Å²) in [6.07, 6.45) is 0. The standard InChI is InChI=1S/C14H11BrO2/c1-10(16)11-6-2-4-8-13(11)17-14-9-5-3-7-12(14)15/h2-9H,1H3. The smallest absolute Gasteiger partial charge is 0.163 e. The first kappa shape index (κ1) is 11.9. The summed E-state index contributed by atoms with van der Waals surface area (Å²) in [5, 5.41) is 0. The van der Waals surface area contributed by atoms with Crippen LogP contribution in [0.25, 0.3) is 0 Å². The van der Waals surface area contributed by atoms with Crippen molar-refractivity contribution in [1.82, 2.24) is 0 Å². The van der Waals surface area contributed by atoms with E-state index in [-0.39, 0.29) is 5.78 Å². The lowest BCUT2D eigenvalue weighted by molar-refractivity contribution is 0.101. The van der Waals surface area contributed by atoms with Crippen LogP contribution in [0.1, 0.15) is 17.3 Å². The third kappa shape index (κ3) is 2.74. The van der Waals surface area contributed by atoms with E-state index in [0.29, 0.717) is 17.1 Å². The second-order valence-corrected chi connectivity index (χ2v) is 4.44. The van der Waals surface area contributed by atoms with Crippen molar-refractivity contribution < 1.29 is 9.53 Å². The van der Waals surface area contributed by atoms with Gasteiger partial charge in [0.25, 0.3) is 0 Å². The summed E-state index contributed by atoms with van der Waals surface area (Å²) in [4.78, 5) is 11.4. The number of halogens is 1. The Hall–Kier alpha value is -1.61. The molecule has 2 aromatic rings. The molecule has 17 heavy (non-hydrogen) atoms. The number of hydrogen-bond donors (Lipinski definition) is 0. The molecule has 0 amide bonds. The number of ketones is 1. The number of carbonyl (C=O) groups is 1. The minimum Gasteiger partial charge on any atom is -0.455 e. The molecule has 0 saturated carbocycles. The second kappa shape index (κ2) is 5.15. The SMILES string of the molecule is CC(=O)c1ccccc1Oc1ccccc1Br. The highest BCUT2D eigenvalue weighted by atomic mass is 79.9. The average molecular weight is 291 g/mol. The van der Waals surface area contributed by atoms with Gasteiger partial charge in [0.15, 0.2) is 5.78 Å². The Morgan fingerprint density at radius 2 is 1.59 bits per heavy atom. The summed E-state index contributed by atoms with van der Waals surface area (Å²) < 4.78 is 6.59. The Morgan fingerprint density at radius 1 is 1.00 bits per heavy atom. The Labute approximate surface area is 108 Å². The molecule has 0 unspecified atom stereocenters. The van der Waals surface area contributed by atoms with Gasteiger partial charge in [-0.2, -0.15) is 0 Å². The highest BCUT2D eigenvalue weighted by Crippen LogP contribution is 2.31. The van der Waals surface area contributed by atoms with E-state index in [4.69, 9.17) is 4.74 Å². The molecule has 0 N–H and O–H groups in total. The molecule has 3 heteroatoms. The second-order valence-electron chi connectivity index (χ2n) is 3.58. The number of hydrogen-bond acceptors (Lipinski definition) is 2. The first-order valence-electron chi connectivity index (χ1n) is 5.21. The van der Waals surface area contributed by atoms with E-state index in [9.17, 15) is 4.79 Å². The van der Waals surface area contributed by atoms with Crippen LogP contribution >= 0.6 is 15.9 Å². The van der Waals surface area contributed by atoms with Gasteiger partial charge in [-0.1, -0.05) is 24.3 Å². The van der Waals surface area contributed by atoms with Crippen molar-refractivity contribution in [3.05, 3.63) is 58.6 Å². The van der Waals surface area contributed by atoms with Gasteiger partial charge in [-0.05, 0) is 47.1 Å². The fraction of sp³-hybridized carbons (Fsp3) is 0.0714. The van der Waals surface area contributed by atoms with Crippen LogP contribution in [0.15, 0.2) is 53.0 Å². The Balaban J connectivity index is 2.37. The maximum atomic E-state index is 11.4. The van der Waals surface area contributed by atoms with Crippen LogP contribution < -0.4 is 4.74 Å². The van der Waals surface area contributed by atoms with E-state index in [1.807, 2.05) is 36.4 Å². The molecule has 0 saturated heterocycles. The van der Waals surface area contributed by atoms with E-state index in [1.165, 1.54) is 6.92 Å². The van der Waals surface area contributed by atoms with Crippen molar-refractivity contribution in [3.63, 3.8) is 0 Å². The third-order valence-electron chi connectivity index (χ3n) is 2.32. The molecule has 0 aliphatic rings. The fourth-order valence-electron chi connectivity index (χ4n) is 1.49. The highest BCUT2D eigenvalue weighted by Gasteiger charge is 2.09. The molecule has 2 nitrogen and oxygen atoms in total. The first-order valence-corrected chi connectivity index (χ1v) is 6.00. The predicted octanol–water partition coefficient (Wildman–Crippen LogP) is 4.44. The van der Waals surface area contributed by atoms with Gasteiger partial charge in [0.2, 0.25) is 0 Å². The summed E-state index contributed by atoms with van der Waals surface area (Å²) in [7, 11) is 0. The first-order chi connectivity index (χ1) is 8.18. The van der Waals surface area contributed by atoms with E-state index in [2.05, 4.69) is 15.9 Å². The number of rotatable bonds is 3. The summed E-state index contributed by atoms with van der Waals surface area (Å²) in [6.45, 7) is 1.53. The lowest BCUT2D eigenvalue weighted by Crippen LogP contribution is -1.96. The van der Waals surface area contributed by atoms with Crippen LogP contribution in [-0.2, 0) is 0 Å². The summed E-state index contributed by atoms with van der Waals surface area (Å²) in [5.74, 6) is 1.26. The van der Waals surface area contributed by atoms with Crippen molar-refractivity contribution in [2.45, 2.75) is 6.92 Å². The minimum atomic E-state index is -0.00680. The maximum absolute atomic E-state index is 11.4. The Bertz CT molecular complexity index is 549. The normalized spacial score (nSPS) is 10.0. The van der Waals surface area contributed by atoms with Gasteiger partial charge in [-0.25, -0.2) is 0 Å². The summed E-state index contributed by atoms with van der Waals surface area (Å²) in [6, 6.07) is 14.8. The van der Waals surface area contributed by atoms with Gasteiger partial charge in [0.05, 0.1) is 10.0 Å². The topological polar surface area (TPSA) is 26.3 Å². The lowest BCUT2D eigenvalue weighted by Gasteiger charge is -2.10. The predicted molar refractivity (Wildman–Crippen MR) is 70.7 cm³/mol. The van der Waals surface area contributed by atoms with Gasteiger partial charge < -0.3 is 4.74 Å². The number of ether oxygens (including phenoxy) is 1. The zero-order valence-corrected chi connectivity index (χ0v) is 10.9. The third-order valence-corrected chi connectivity index (χ3v) is 2.98. The lowest BCUT2D eigenvalue weighted by atomic mass is 10.1.